The second kappa shape index (κ2) is 9.73. The maximum absolute atomic E-state index is 14.2. The first-order valence-electron chi connectivity index (χ1n) is 12.0. The van der Waals surface area contributed by atoms with Gasteiger partial charge in [-0.05, 0) is 91.0 Å². The van der Waals surface area contributed by atoms with Gasteiger partial charge in [0, 0.05) is 5.39 Å². The van der Waals surface area contributed by atoms with Crippen molar-refractivity contribution < 1.29 is 24.9 Å². The standard InChI is InChI=1S/C30H36O5/c1-16(2)8-9-20-27(33)25-22(15-21-24(28(25)34)23(31)14-19(7)26(21)32)30(29(20)35,12-10-17(3)4)13-11-18(5)6/h8,10-11,14-15,20,31-32,34H,9,12-13H2,1-7H3. The third-order valence-electron chi connectivity index (χ3n) is 6.88. The number of carbonyl (C=O) groups is 2. The van der Waals surface area contributed by atoms with Crippen LogP contribution in [0, 0.1) is 12.8 Å². The lowest BCUT2D eigenvalue weighted by molar-refractivity contribution is -0.127. The number of ketones is 2. The highest BCUT2D eigenvalue weighted by atomic mass is 16.3. The lowest BCUT2D eigenvalue weighted by Crippen LogP contribution is -2.47. The van der Waals surface area contributed by atoms with E-state index in [1.807, 2.05) is 59.8 Å². The summed E-state index contributed by atoms with van der Waals surface area (Å²) in [7, 11) is 0. The first-order chi connectivity index (χ1) is 16.3. The molecule has 1 unspecified atom stereocenters. The van der Waals surface area contributed by atoms with Gasteiger partial charge in [0.2, 0.25) is 0 Å². The third kappa shape index (κ3) is 4.64. The minimum absolute atomic E-state index is 0.0221. The minimum atomic E-state index is -1.10. The van der Waals surface area contributed by atoms with Crippen molar-refractivity contribution in [1.29, 1.82) is 0 Å². The van der Waals surface area contributed by atoms with E-state index in [4.69, 9.17) is 0 Å². The van der Waals surface area contributed by atoms with E-state index >= 15 is 0 Å². The molecule has 0 saturated heterocycles. The molecule has 2 aromatic rings. The zero-order valence-electron chi connectivity index (χ0n) is 21.7. The van der Waals surface area contributed by atoms with Crippen LogP contribution in [0.3, 0.4) is 0 Å². The second-order valence-corrected chi connectivity index (χ2v) is 10.5. The monoisotopic (exact) mass is 476 g/mol. The molecule has 186 valence electrons. The number of phenols is 3. The number of phenolic OH excluding ortho intramolecular Hbond substituents is 3. The maximum Gasteiger partial charge on any atom is 0.177 e. The van der Waals surface area contributed by atoms with Crippen molar-refractivity contribution in [2.24, 2.45) is 5.92 Å². The van der Waals surface area contributed by atoms with Gasteiger partial charge in [-0.25, -0.2) is 0 Å². The first kappa shape index (κ1) is 26.3. The van der Waals surface area contributed by atoms with Gasteiger partial charge in [0.1, 0.15) is 17.2 Å². The summed E-state index contributed by atoms with van der Waals surface area (Å²) < 4.78 is 0. The molecule has 0 saturated carbocycles. The van der Waals surface area contributed by atoms with Crippen molar-refractivity contribution in [2.75, 3.05) is 0 Å². The lowest BCUT2D eigenvalue weighted by Gasteiger charge is -2.40. The van der Waals surface area contributed by atoms with Crippen LogP contribution in [0.5, 0.6) is 17.2 Å². The highest BCUT2D eigenvalue weighted by Gasteiger charge is 2.51. The molecule has 0 heterocycles. The number of aromatic hydroxyl groups is 3. The van der Waals surface area contributed by atoms with Gasteiger partial charge in [-0.1, -0.05) is 34.9 Å². The Balaban J connectivity index is 2.50. The summed E-state index contributed by atoms with van der Waals surface area (Å²) in [6.07, 6.45) is 6.81. The minimum Gasteiger partial charge on any atom is -0.507 e. The van der Waals surface area contributed by atoms with Crippen LogP contribution >= 0.6 is 0 Å². The van der Waals surface area contributed by atoms with Crippen LogP contribution in [0.2, 0.25) is 0 Å². The summed E-state index contributed by atoms with van der Waals surface area (Å²) in [6.45, 7) is 13.3. The van der Waals surface area contributed by atoms with Gasteiger partial charge in [-0.15, -0.1) is 0 Å². The van der Waals surface area contributed by atoms with Crippen molar-refractivity contribution >= 4 is 22.3 Å². The number of rotatable bonds is 6. The van der Waals surface area contributed by atoms with E-state index in [9.17, 15) is 24.9 Å². The second-order valence-electron chi connectivity index (χ2n) is 10.5. The largest absolute Gasteiger partial charge is 0.507 e. The lowest BCUT2D eigenvalue weighted by atomic mass is 9.60. The van der Waals surface area contributed by atoms with Crippen LogP contribution in [0.15, 0.2) is 47.1 Å². The van der Waals surface area contributed by atoms with Crippen LogP contribution in [0.4, 0.5) is 0 Å². The van der Waals surface area contributed by atoms with Crippen molar-refractivity contribution in [3.63, 3.8) is 0 Å². The van der Waals surface area contributed by atoms with E-state index in [1.54, 1.807) is 13.0 Å². The molecule has 3 N–H and O–H groups in total. The fourth-order valence-electron chi connectivity index (χ4n) is 4.89. The van der Waals surface area contributed by atoms with Gasteiger partial charge in [-0.3, -0.25) is 9.59 Å². The molecule has 0 fully saturated rings. The van der Waals surface area contributed by atoms with Gasteiger partial charge >= 0.3 is 0 Å². The number of carbonyl (C=O) groups excluding carboxylic acids is 2. The molecule has 0 amide bonds. The highest BCUT2D eigenvalue weighted by Crippen LogP contribution is 2.52. The Kier molecular flexibility index (Phi) is 7.30. The van der Waals surface area contributed by atoms with Gasteiger partial charge in [0.25, 0.3) is 0 Å². The van der Waals surface area contributed by atoms with Crippen LogP contribution in [0.1, 0.15) is 82.3 Å². The van der Waals surface area contributed by atoms with Gasteiger partial charge < -0.3 is 15.3 Å². The number of benzene rings is 2. The molecule has 0 spiro atoms. The molecule has 0 aromatic heterocycles. The number of fused-ring (bicyclic) bond motifs is 2. The fraction of sp³-hybridized carbons (Fsp3) is 0.400. The summed E-state index contributed by atoms with van der Waals surface area (Å²) in [6, 6.07) is 2.99. The molecule has 5 nitrogen and oxygen atoms in total. The maximum atomic E-state index is 14.2. The number of hydrogen-bond acceptors (Lipinski definition) is 5. The Labute approximate surface area is 207 Å². The number of allylic oxidation sites excluding steroid dienone is 6. The predicted octanol–water partition coefficient (Wildman–Crippen LogP) is 6.95. The predicted molar refractivity (Wildman–Crippen MR) is 140 cm³/mol. The van der Waals surface area contributed by atoms with Gasteiger partial charge in [-0.2, -0.15) is 0 Å². The number of Topliss-reactive ketones (excluding diaryl/α,β-unsaturated/α-hetero) is 2. The normalized spacial score (nSPS) is 16.6. The molecule has 0 aliphatic heterocycles. The van der Waals surface area contributed by atoms with Gasteiger partial charge in [0.05, 0.1) is 22.3 Å². The molecule has 2 aromatic carbocycles. The van der Waals surface area contributed by atoms with Crippen LogP contribution in [0.25, 0.3) is 10.8 Å². The summed E-state index contributed by atoms with van der Waals surface area (Å²) in [5.41, 5.74) is 2.87. The zero-order chi connectivity index (χ0) is 26.2. The van der Waals surface area contributed by atoms with Crippen LogP contribution in [-0.4, -0.2) is 26.9 Å². The summed E-state index contributed by atoms with van der Waals surface area (Å²) in [5, 5.41) is 33.1. The Hall–Kier alpha value is -3.34. The van der Waals surface area contributed by atoms with Crippen LogP contribution < -0.4 is 0 Å². The average molecular weight is 477 g/mol. The van der Waals surface area contributed by atoms with E-state index in [1.165, 1.54) is 6.07 Å². The Bertz CT molecular complexity index is 1270. The molecule has 1 atom stereocenters. The van der Waals surface area contributed by atoms with Crippen molar-refractivity contribution in [1.82, 2.24) is 0 Å². The molecule has 0 radical (unpaired) electrons. The summed E-state index contributed by atoms with van der Waals surface area (Å²) in [5.74, 6) is -2.29. The topological polar surface area (TPSA) is 94.8 Å². The summed E-state index contributed by atoms with van der Waals surface area (Å²) >= 11 is 0. The first-order valence-corrected chi connectivity index (χ1v) is 12.0. The molecule has 3 rings (SSSR count). The van der Waals surface area contributed by atoms with E-state index in [-0.39, 0.29) is 45.8 Å². The quantitative estimate of drug-likeness (QED) is 0.238. The molecule has 0 bridgehead atoms. The van der Waals surface area contributed by atoms with E-state index in [0.717, 1.165) is 16.7 Å². The van der Waals surface area contributed by atoms with E-state index < -0.39 is 17.1 Å². The smallest absolute Gasteiger partial charge is 0.177 e. The average Bonchev–Trinajstić information content (AvgIpc) is 2.76. The van der Waals surface area contributed by atoms with Crippen molar-refractivity contribution in [3.05, 3.63) is 63.8 Å². The van der Waals surface area contributed by atoms with E-state index in [0.29, 0.717) is 24.0 Å². The summed E-state index contributed by atoms with van der Waals surface area (Å²) in [4.78, 5) is 28.0. The molecule has 35 heavy (non-hydrogen) atoms. The van der Waals surface area contributed by atoms with Crippen molar-refractivity contribution in [2.45, 2.75) is 73.1 Å². The van der Waals surface area contributed by atoms with Crippen molar-refractivity contribution in [3.8, 4) is 17.2 Å². The molecular weight excluding hydrogens is 440 g/mol. The molecule has 5 heteroatoms. The van der Waals surface area contributed by atoms with E-state index in [2.05, 4.69) is 0 Å². The molecular formula is C30H36O5. The fourth-order valence-corrected chi connectivity index (χ4v) is 4.89. The number of aryl methyl sites for hydroxylation is 1. The molecule has 1 aliphatic rings. The Morgan fingerprint density at radius 3 is 1.91 bits per heavy atom. The zero-order valence-corrected chi connectivity index (χ0v) is 21.7. The highest BCUT2D eigenvalue weighted by molar-refractivity contribution is 6.22. The molecule has 1 aliphatic carbocycles. The van der Waals surface area contributed by atoms with Crippen LogP contribution in [-0.2, 0) is 10.2 Å². The number of hydrogen-bond donors (Lipinski definition) is 3. The van der Waals surface area contributed by atoms with Gasteiger partial charge in [0.15, 0.2) is 11.6 Å². The SMILES string of the molecule is CC(C)=CCC1C(=O)c2c(cc3c(O)c(C)cc(O)c3c2O)C(CC=C(C)C)(CC=C(C)C)C1=O. The Morgan fingerprint density at radius 2 is 1.40 bits per heavy atom. The third-order valence-corrected chi connectivity index (χ3v) is 6.88. The Morgan fingerprint density at radius 1 is 0.857 bits per heavy atom.